The van der Waals surface area contributed by atoms with Crippen LogP contribution in [0.4, 0.5) is 5.82 Å². The number of nitrogens with zero attached hydrogens (tertiary/aromatic N) is 5. The Kier molecular flexibility index (Phi) is 7.00. The fourth-order valence-corrected chi connectivity index (χ4v) is 5.00. The third kappa shape index (κ3) is 5.55. The molecule has 0 bridgehead atoms. The van der Waals surface area contributed by atoms with Gasteiger partial charge in [0.1, 0.15) is 30.1 Å². The zero-order valence-electron chi connectivity index (χ0n) is 21.6. The van der Waals surface area contributed by atoms with Gasteiger partial charge in [-0.2, -0.15) is 5.10 Å². The van der Waals surface area contributed by atoms with E-state index in [0.717, 1.165) is 52.9 Å². The van der Waals surface area contributed by atoms with Crippen LogP contribution in [0.25, 0.3) is 22.2 Å². The number of pyridine rings is 1. The number of hydrogen-bond acceptors (Lipinski definition) is 7. The van der Waals surface area contributed by atoms with Crippen molar-refractivity contribution in [2.24, 2.45) is 0 Å². The highest BCUT2D eigenvalue weighted by Crippen LogP contribution is 2.33. The molecule has 5 rings (SSSR count). The first-order valence-corrected chi connectivity index (χ1v) is 16.3. The summed E-state index contributed by atoms with van der Waals surface area (Å²) in [4.78, 5) is 20.6. The Morgan fingerprint density at radius 3 is 2.69 bits per heavy atom. The molecule has 2 fully saturated rings. The summed E-state index contributed by atoms with van der Waals surface area (Å²) in [5.41, 5.74) is 2.78. The number of rotatable bonds is 9. The summed E-state index contributed by atoms with van der Waals surface area (Å²) in [6, 6.07) is 11.2. The maximum absolute atomic E-state index is 12.3. The standard InChI is InChI=1S/C26H35N5O4Si/c1-29-9-10-30(15-25(29)32)24-13-19(7-8-27-24)26-22-14-20(35-21-16-34-17-21)5-6-23(22)31(28-26)18-33-11-12-36(2,3)4/h5-8,13-14,21H,9-12,15-18H2,1-4H3. The fraction of sp³-hybridized carbons (Fsp3) is 0.500. The van der Waals surface area contributed by atoms with E-state index in [9.17, 15) is 4.79 Å². The number of piperazine rings is 1. The number of ether oxygens (including phenoxy) is 3. The van der Waals surface area contributed by atoms with Gasteiger partial charge in [-0.1, -0.05) is 19.6 Å². The summed E-state index contributed by atoms with van der Waals surface area (Å²) in [7, 11) is 0.667. The van der Waals surface area contributed by atoms with Gasteiger partial charge >= 0.3 is 0 Å². The second kappa shape index (κ2) is 10.2. The lowest BCUT2D eigenvalue weighted by molar-refractivity contribution is -0.129. The predicted octanol–water partition coefficient (Wildman–Crippen LogP) is 3.47. The summed E-state index contributed by atoms with van der Waals surface area (Å²) in [5, 5.41) is 5.96. The molecule has 192 valence electrons. The number of anilines is 1. The van der Waals surface area contributed by atoms with E-state index >= 15 is 0 Å². The van der Waals surface area contributed by atoms with Crippen molar-refractivity contribution < 1.29 is 19.0 Å². The molecule has 3 aromatic rings. The minimum absolute atomic E-state index is 0.0909. The van der Waals surface area contributed by atoms with Crippen LogP contribution in [0.3, 0.4) is 0 Å². The Labute approximate surface area is 212 Å². The zero-order valence-corrected chi connectivity index (χ0v) is 22.6. The summed E-state index contributed by atoms with van der Waals surface area (Å²) in [6.45, 7) is 11.2. The van der Waals surface area contributed by atoms with Crippen LogP contribution in [-0.2, 0) is 21.0 Å². The molecule has 1 aromatic carbocycles. The highest BCUT2D eigenvalue weighted by Gasteiger charge is 2.24. The normalized spacial score (nSPS) is 17.1. The highest BCUT2D eigenvalue weighted by atomic mass is 28.3. The number of carbonyl (C=O) groups excluding carboxylic acids is 1. The molecule has 4 heterocycles. The van der Waals surface area contributed by atoms with E-state index in [1.54, 1.807) is 11.1 Å². The molecular weight excluding hydrogens is 474 g/mol. The molecule has 0 radical (unpaired) electrons. The van der Waals surface area contributed by atoms with Crippen LogP contribution in [0.2, 0.25) is 25.7 Å². The third-order valence-electron chi connectivity index (χ3n) is 6.64. The number of benzene rings is 1. The van der Waals surface area contributed by atoms with Crippen molar-refractivity contribution in [1.29, 1.82) is 0 Å². The van der Waals surface area contributed by atoms with Crippen LogP contribution in [0.5, 0.6) is 5.75 Å². The van der Waals surface area contributed by atoms with Crippen LogP contribution in [0.1, 0.15) is 0 Å². The first kappa shape index (κ1) is 24.7. The molecular formula is C26H35N5O4Si. The Hall–Kier alpha value is -2.95. The van der Waals surface area contributed by atoms with Crippen molar-refractivity contribution in [2.45, 2.75) is 38.5 Å². The summed E-state index contributed by atoms with van der Waals surface area (Å²) in [5.74, 6) is 1.68. The third-order valence-corrected chi connectivity index (χ3v) is 8.35. The van der Waals surface area contributed by atoms with Crippen molar-refractivity contribution in [2.75, 3.05) is 51.4 Å². The lowest BCUT2D eigenvalue weighted by Gasteiger charge is -2.32. The topological polar surface area (TPSA) is 82.0 Å². The number of carbonyl (C=O) groups is 1. The average Bonchev–Trinajstić information content (AvgIpc) is 3.18. The largest absolute Gasteiger partial charge is 0.486 e. The Bertz CT molecular complexity index is 1240. The summed E-state index contributed by atoms with van der Waals surface area (Å²) in [6.07, 6.45) is 1.88. The molecule has 2 saturated heterocycles. The molecule has 0 spiro atoms. The molecule has 2 aliphatic rings. The first-order valence-electron chi connectivity index (χ1n) is 12.5. The lowest BCUT2D eigenvalue weighted by Crippen LogP contribution is -2.48. The van der Waals surface area contributed by atoms with Crippen molar-refractivity contribution in [3.63, 3.8) is 0 Å². The average molecular weight is 510 g/mol. The second-order valence-electron chi connectivity index (χ2n) is 10.8. The molecule has 0 atom stereocenters. The molecule has 9 nitrogen and oxygen atoms in total. The minimum Gasteiger partial charge on any atom is -0.486 e. The maximum atomic E-state index is 12.3. The van der Waals surface area contributed by atoms with Crippen LogP contribution < -0.4 is 9.64 Å². The predicted molar refractivity (Wildman–Crippen MR) is 142 cm³/mol. The summed E-state index contributed by atoms with van der Waals surface area (Å²) < 4.78 is 19.3. The molecule has 0 saturated carbocycles. The van der Waals surface area contributed by atoms with E-state index in [0.29, 0.717) is 33.0 Å². The van der Waals surface area contributed by atoms with Gasteiger partial charge in [0.25, 0.3) is 0 Å². The van der Waals surface area contributed by atoms with Crippen molar-refractivity contribution >= 4 is 30.7 Å². The SMILES string of the molecule is CN1CCN(c2cc(-c3nn(COCC[Si](C)(C)C)c4ccc(OC5COC5)cc34)ccn2)CC1=O. The molecule has 0 aliphatic carbocycles. The number of fused-ring (bicyclic) bond motifs is 1. The monoisotopic (exact) mass is 509 g/mol. The van der Waals surface area contributed by atoms with Gasteiger partial charge in [0.05, 0.1) is 25.3 Å². The minimum atomic E-state index is -1.17. The van der Waals surface area contributed by atoms with Crippen LogP contribution in [0, 0.1) is 0 Å². The molecule has 36 heavy (non-hydrogen) atoms. The molecule has 1 amide bonds. The number of hydrogen-bond donors (Lipinski definition) is 0. The molecule has 2 aromatic heterocycles. The number of aromatic nitrogens is 3. The smallest absolute Gasteiger partial charge is 0.241 e. The van der Waals surface area contributed by atoms with Crippen LogP contribution in [-0.4, -0.2) is 86.3 Å². The van der Waals surface area contributed by atoms with Gasteiger partial charge in [-0.25, -0.2) is 9.67 Å². The van der Waals surface area contributed by atoms with Gasteiger partial charge in [-0.3, -0.25) is 4.79 Å². The zero-order chi connectivity index (χ0) is 25.3. The quantitative estimate of drug-likeness (QED) is 0.323. The van der Waals surface area contributed by atoms with E-state index in [2.05, 4.69) is 24.6 Å². The highest BCUT2D eigenvalue weighted by molar-refractivity contribution is 6.76. The van der Waals surface area contributed by atoms with Gasteiger partial charge in [0, 0.05) is 52.0 Å². The van der Waals surface area contributed by atoms with E-state index in [4.69, 9.17) is 19.3 Å². The van der Waals surface area contributed by atoms with E-state index in [-0.39, 0.29) is 12.0 Å². The van der Waals surface area contributed by atoms with Gasteiger partial charge in [-0.15, -0.1) is 0 Å². The van der Waals surface area contributed by atoms with Crippen LogP contribution >= 0.6 is 0 Å². The molecule has 2 aliphatic heterocycles. The van der Waals surface area contributed by atoms with E-state index in [1.165, 1.54) is 0 Å². The Morgan fingerprint density at radius 1 is 1.14 bits per heavy atom. The van der Waals surface area contributed by atoms with Crippen molar-refractivity contribution in [3.8, 4) is 17.0 Å². The van der Waals surface area contributed by atoms with Gasteiger partial charge in [0.2, 0.25) is 5.91 Å². The van der Waals surface area contributed by atoms with Gasteiger partial charge in [-0.05, 0) is 36.4 Å². The molecule has 10 heteroatoms. The van der Waals surface area contributed by atoms with Crippen molar-refractivity contribution in [1.82, 2.24) is 19.7 Å². The van der Waals surface area contributed by atoms with Gasteiger partial charge < -0.3 is 24.0 Å². The molecule has 0 unspecified atom stereocenters. The van der Waals surface area contributed by atoms with Gasteiger partial charge in [0.15, 0.2) is 0 Å². The fourth-order valence-electron chi connectivity index (χ4n) is 4.24. The number of amides is 1. The number of likely N-dealkylation sites (N-methyl/N-ethyl adjacent to an activating group) is 1. The lowest BCUT2D eigenvalue weighted by atomic mass is 10.1. The second-order valence-corrected chi connectivity index (χ2v) is 16.4. The molecule has 0 N–H and O–H groups in total. The summed E-state index contributed by atoms with van der Waals surface area (Å²) >= 11 is 0. The van der Waals surface area contributed by atoms with Crippen LogP contribution in [0.15, 0.2) is 36.5 Å². The first-order chi connectivity index (χ1) is 17.3. The van der Waals surface area contributed by atoms with E-state index < -0.39 is 8.07 Å². The Balaban J connectivity index is 1.45. The van der Waals surface area contributed by atoms with Crippen molar-refractivity contribution in [3.05, 3.63) is 36.5 Å². The Morgan fingerprint density at radius 2 is 1.97 bits per heavy atom. The van der Waals surface area contributed by atoms with E-state index in [1.807, 2.05) is 47.0 Å². The maximum Gasteiger partial charge on any atom is 0.241 e.